The SMILES string of the molecule is CN(C)C(=O)c1ccc(Oc2ccc(Br)c(F)c2)nn1. The Morgan fingerprint density at radius 2 is 2.00 bits per heavy atom. The highest BCUT2D eigenvalue weighted by Crippen LogP contribution is 2.24. The van der Waals surface area contributed by atoms with Gasteiger partial charge in [0.25, 0.3) is 5.91 Å². The summed E-state index contributed by atoms with van der Waals surface area (Å²) in [6.45, 7) is 0. The molecule has 0 bridgehead atoms. The van der Waals surface area contributed by atoms with Crippen LogP contribution in [0.1, 0.15) is 10.5 Å². The van der Waals surface area contributed by atoms with Crippen LogP contribution in [0.5, 0.6) is 11.6 Å². The molecule has 0 radical (unpaired) electrons. The molecule has 1 aromatic heterocycles. The average molecular weight is 340 g/mol. The Hall–Kier alpha value is -2.02. The Balaban J connectivity index is 2.14. The van der Waals surface area contributed by atoms with Crippen molar-refractivity contribution in [1.82, 2.24) is 15.1 Å². The maximum atomic E-state index is 13.3. The molecular weight excluding hydrogens is 329 g/mol. The van der Waals surface area contributed by atoms with E-state index in [1.807, 2.05) is 0 Å². The van der Waals surface area contributed by atoms with E-state index in [9.17, 15) is 9.18 Å². The minimum absolute atomic E-state index is 0.182. The first kappa shape index (κ1) is 14.4. The van der Waals surface area contributed by atoms with Crippen molar-refractivity contribution in [3.8, 4) is 11.6 Å². The van der Waals surface area contributed by atoms with Crippen LogP contribution >= 0.6 is 15.9 Å². The fourth-order valence-corrected chi connectivity index (χ4v) is 1.63. The maximum Gasteiger partial charge on any atom is 0.273 e. The van der Waals surface area contributed by atoms with Crippen molar-refractivity contribution in [2.45, 2.75) is 0 Å². The number of benzene rings is 1. The van der Waals surface area contributed by atoms with Gasteiger partial charge in [-0.1, -0.05) is 0 Å². The van der Waals surface area contributed by atoms with Gasteiger partial charge in [0, 0.05) is 26.2 Å². The lowest BCUT2D eigenvalue weighted by molar-refractivity contribution is 0.0820. The van der Waals surface area contributed by atoms with Gasteiger partial charge in [0.05, 0.1) is 4.47 Å². The first-order chi connectivity index (χ1) is 9.47. The topological polar surface area (TPSA) is 55.3 Å². The molecule has 0 aliphatic heterocycles. The number of hydrogen-bond acceptors (Lipinski definition) is 4. The number of carbonyl (C=O) groups is 1. The van der Waals surface area contributed by atoms with Gasteiger partial charge in [0.2, 0.25) is 5.88 Å². The molecule has 0 aliphatic carbocycles. The van der Waals surface area contributed by atoms with Gasteiger partial charge in [0.15, 0.2) is 5.69 Å². The minimum Gasteiger partial charge on any atom is -0.437 e. The zero-order valence-corrected chi connectivity index (χ0v) is 12.4. The van der Waals surface area contributed by atoms with E-state index in [1.54, 1.807) is 20.2 Å². The van der Waals surface area contributed by atoms with Gasteiger partial charge < -0.3 is 9.64 Å². The quantitative estimate of drug-likeness (QED) is 0.862. The Kier molecular flexibility index (Phi) is 4.29. The lowest BCUT2D eigenvalue weighted by Crippen LogP contribution is -2.23. The van der Waals surface area contributed by atoms with Crippen LogP contribution in [-0.2, 0) is 0 Å². The van der Waals surface area contributed by atoms with Crippen LogP contribution in [0, 0.1) is 5.82 Å². The molecule has 20 heavy (non-hydrogen) atoms. The Morgan fingerprint density at radius 3 is 2.55 bits per heavy atom. The van der Waals surface area contributed by atoms with E-state index >= 15 is 0 Å². The van der Waals surface area contributed by atoms with E-state index in [1.165, 1.54) is 29.2 Å². The highest BCUT2D eigenvalue weighted by molar-refractivity contribution is 9.10. The zero-order valence-electron chi connectivity index (χ0n) is 10.8. The molecule has 1 aromatic carbocycles. The van der Waals surface area contributed by atoms with Crippen molar-refractivity contribution in [1.29, 1.82) is 0 Å². The van der Waals surface area contributed by atoms with Crippen LogP contribution in [0.4, 0.5) is 4.39 Å². The summed E-state index contributed by atoms with van der Waals surface area (Å²) in [4.78, 5) is 13.0. The van der Waals surface area contributed by atoms with Gasteiger partial charge >= 0.3 is 0 Å². The van der Waals surface area contributed by atoms with Crippen molar-refractivity contribution in [2.75, 3.05) is 14.1 Å². The van der Waals surface area contributed by atoms with Crippen molar-refractivity contribution in [3.63, 3.8) is 0 Å². The number of aromatic nitrogens is 2. The summed E-state index contributed by atoms with van der Waals surface area (Å²) in [7, 11) is 3.25. The fourth-order valence-electron chi connectivity index (χ4n) is 1.38. The molecule has 5 nitrogen and oxygen atoms in total. The van der Waals surface area contributed by atoms with Crippen molar-refractivity contribution >= 4 is 21.8 Å². The molecule has 0 atom stereocenters. The number of nitrogens with zero attached hydrogens (tertiary/aromatic N) is 3. The summed E-state index contributed by atoms with van der Waals surface area (Å²) in [5.41, 5.74) is 0.212. The number of hydrogen-bond donors (Lipinski definition) is 0. The molecule has 0 saturated heterocycles. The maximum absolute atomic E-state index is 13.3. The lowest BCUT2D eigenvalue weighted by atomic mass is 10.3. The molecule has 104 valence electrons. The first-order valence-corrected chi connectivity index (χ1v) is 6.45. The van der Waals surface area contributed by atoms with Crippen LogP contribution in [0.15, 0.2) is 34.8 Å². The number of ether oxygens (including phenoxy) is 1. The third kappa shape index (κ3) is 3.30. The van der Waals surface area contributed by atoms with Gasteiger partial charge in [-0.3, -0.25) is 4.79 Å². The second-order valence-electron chi connectivity index (χ2n) is 4.13. The molecular formula is C13H11BrFN3O2. The molecule has 0 saturated carbocycles. The Bertz CT molecular complexity index is 632. The van der Waals surface area contributed by atoms with Crippen molar-refractivity contribution in [2.24, 2.45) is 0 Å². The standard InChI is InChI=1S/C13H11BrFN3O2/c1-18(2)13(19)11-5-6-12(17-16-11)20-8-3-4-9(14)10(15)7-8/h3-7H,1-2H3. The highest BCUT2D eigenvalue weighted by Gasteiger charge is 2.11. The molecule has 0 spiro atoms. The smallest absolute Gasteiger partial charge is 0.273 e. The Morgan fingerprint density at radius 1 is 1.25 bits per heavy atom. The van der Waals surface area contributed by atoms with Crippen LogP contribution in [0.25, 0.3) is 0 Å². The second kappa shape index (κ2) is 5.96. The third-order valence-electron chi connectivity index (χ3n) is 2.38. The molecule has 0 aliphatic rings. The largest absolute Gasteiger partial charge is 0.437 e. The van der Waals surface area contributed by atoms with Crippen LogP contribution in [0.3, 0.4) is 0 Å². The van der Waals surface area contributed by atoms with Crippen LogP contribution in [0.2, 0.25) is 0 Å². The van der Waals surface area contributed by atoms with E-state index in [0.29, 0.717) is 10.2 Å². The van der Waals surface area contributed by atoms with Gasteiger partial charge in [-0.05, 0) is 34.1 Å². The summed E-state index contributed by atoms with van der Waals surface area (Å²) >= 11 is 3.05. The van der Waals surface area contributed by atoms with E-state index < -0.39 is 5.82 Å². The van der Waals surface area contributed by atoms with E-state index in [-0.39, 0.29) is 17.5 Å². The molecule has 1 heterocycles. The minimum atomic E-state index is -0.435. The highest BCUT2D eigenvalue weighted by atomic mass is 79.9. The summed E-state index contributed by atoms with van der Waals surface area (Å²) in [6.07, 6.45) is 0. The summed E-state index contributed by atoms with van der Waals surface area (Å²) in [5, 5.41) is 7.54. The number of carbonyl (C=O) groups excluding carboxylic acids is 1. The summed E-state index contributed by atoms with van der Waals surface area (Å²) in [5.74, 6) is -0.206. The van der Waals surface area contributed by atoms with Crippen molar-refractivity contribution in [3.05, 3.63) is 46.3 Å². The normalized spacial score (nSPS) is 10.2. The molecule has 2 aromatic rings. The van der Waals surface area contributed by atoms with E-state index in [2.05, 4.69) is 26.1 Å². The second-order valence-corrected chi connectivity index (χ2v) is 4.99. The van der Waals surface area contributed by atoms with E-state index in [0.717, 1.165) is 0 Å². The predicted octanol–water partition coefficient (Wildman–Crippen LogP) is 2.87. The molecule has 7 heteroatoms. The van der Waals surface area contributed by atoms with Crippen molar-refractivity contribution < 1.29 is 13.9 Å². The van der Waals surface area contributed by atoms with Gasteiger partial charge in [0.1, 0.15) is 11.6 Å². The van der Waals surface area contributed by atoms with Crippen LogP contribution in [-0.4, -0.2) is 35.1 Å². The van der Waals surface area contributed by atoms with Crippen LogP contribution < -0.4 is 4.74 Å². The van der Waals surface area contributed by atoms with Gasteiger partial charge in [-0.15, -0.1) is 10.2 Å². The average Bonchev–Trinajstić information content (AvgIpc) is 2.43. The molecule has 1 amide bonds. The molecule has 2 rings (SSSR count). The number of rotatable bonds is 3. The molecule has 0 N–H and O–H groups in total. The number of halogens is 2. The third-order valence-corrected chi connectivity index (χ3v) is 3.02. The van der Waals surface area contributed by atoms with Gasteiger partial charge in [-0.25, -0.2) is 4.39 Å². The predicted molar refractivity (Wildman–Crippen MR) is 74.2 cm³/mol. The van der Waals surface area contributed by atoms with Gasteiger partial charge in [-0.2, -0.15) is 0 Å². The number of amides is 1. The van der Waals surface area contributed by atoms with E-state index in [4.69, 9.17) is 4.74 Å². The monoisotopic (exact) mass is 339 g/mol. The fraction of sp³-hybridized carbons (Fsp3) is 0.154. The Labute approximate surface area is 123 Å². The summed E-state index contributed by atoms with van der Waals surface area (Å²) < 4.78 is 19.0. The summed E-state index contributed by atoms with van der Waals surface area (Å²) in [6, 6.07) is 7.35. The zero-order chi connectivity index (χ0) is 14.7. The molecule has 0 fully saturated rings. The molecule has 0 unspecified atom stereocenters. The lowest BCUT2D eigenvalue weighted by Gasteiger charge is -2.09. The first-order valence-electron chi connectivity index (χ1n) is 5.65.